The highest BCUT2D eigenvalue weighted by Crippen LogP contribution is 2.24. The molecule has 5 heteroatoms. The fraction of sp³-hybridized carbons (Fsp3) is 0.636. The summed E-state index contributed by atoms with van der Waals surface area (Å²) in [6, 6.07) is -0.0298. The van der Waals surface area contributed by atoms with E-state index >= 15 is 0 Å². The SMILES string of the molecule is Cc1n[nH]c(C)c1C(C)N(C)C(=O)CCO. The van der Waals surface area contributed by atoms with Gasteiger partial charge in [0.25, 0.3) is 0 Å². The minimum atomic E-state index is -0.112. The first kappa shape index (κ1) is 12.7. The Balaban J connectivity index is 2.85. The van der Waals surface area contributed by atoms with Gasteiger partial charge in [-0.1, -0.05) is 0 Å². The molecule has 0 aliphatic heterocycles. The van der Waals surface area contributed by atoms with Gasteiger partial charge in [0.15, 0.2) is 0 Å². The van der Waals surface area contributed by atoms with Crippen LogP contribution in [-0.4, -0.2) is 39.8 Å². The van der Waals surface area contributed by atoms with Gasteiger partial charge in [0, 0.05) is 24.7 Å². The van der Waals surface area contributed by atoms with Crippen molar-refractivity contribution in [2.24, 2.45) is 0 Å². The van der Waals surface area contributed by atoms with Gasteiger partial charge in [0.1, 0.15) is 0 Å². The van der Waals surface area contributed by atoms with E-state index in [1.165, 1.54) is 0 Å². The van der Waals surface area contributed by atoms with Crippen molar-refractivity contribution in [2.75, 3.05) is 13.7 Å². The van der Waals surface area contributed by atoms with E-state index in [4.69, 9.17) is 5.11 Å². The van der Waals surface area contributed by atoms with Gasteiger partial charge in [-0.25, -0.2) is 0 Å². The fourth-order valence-corrected chi connectivity index (χ4v) is 1.86. The third kappa shape index (κ3) is 2.41. The molecule has 0 fully saturated rings. The molecular weight excluding hydrogens is 206 g/mol. The Bertz CT molecular complexity index is 354. The Morgan fingerprint density at radius 3 is 2.62 bits per heavy atom. The highest BCUT2D eigenvalue weighted by molar-refractivity contribution is 5.76. The number of aryl methyl sites for hydroxylation is 2. The first-order chi connectivity index (χ1) is 7.49. The second-order valence-electron chi connectivity index (χ2n) is 4.00. The van der Waals surface area contributed by atoms with Crippen LogP contribution in [-0.2, 0) is 4.79 Å². The smallest absolute Gasteiger partial charge is 0.225 e. The lowest BCUT2D eigenvalue weighted by molar-refractivity contribution is -0.132. The molecule has 1 amide bonds. The number of aliphatic hydroxyl groups is 1. The first-order valence-electron chi connectivity index (χ1n) is 5.37. The van der Waals surface area contributed by atoms with E-state index in [-0.39, 0.29) is 25.0 Å². The summed E-state index contributed by atoms with van der Waals surface area (Å²) in [5.74, 6) is -0.0602. The van der Waals surface area contributed by atoms with Crippen molar-refractivity contribution in [3.63, 3.8) is 0 Å². The topological polar surface area (TPSA) is 69.2 Å². The molecule has 0 spiro atoms. The molecule has 1 atom stereocenters. The number of aromatic nitrogens is 2. The van der Waals surface area contributed by atoms with Crippen LogP contribution in [0.2, 0.25) is 0 Å². The summed E-state index contributed by atoms with van der Waals surface area (Å²) in [6.45, 7) is 5.70. The van der Waals surface area contributed by atoms with Gasteiger partial charge < -0.3 is 10.0 Å². The van der Waals surface area contributed by atoms with Crippen LogP contribution in [0.3, 0.4) is 0 Å². The molecule has 1 rings (SSSR count). The predicted molar refractivity (Wildman–Crippen MR) is 60.9 cm³/mol. The largest absolute Gasteiger partial charge is 0.396 e. The Labute approximate surface area is 95.5 Å². The standard InChI is InChI=1S/C11H19N3O2/c1-7-11(8(2)13-12-7)9(3)14(4)10(16)5-6-15/h9,15H,5-6H2,1-4H3,(H,12,13). The maximum Gasteiger partial charge on any atom is 0.225 e. The second-order valence-corrected chi connectivity index (χ2v) is 4.00. The van der Waals surface area contributed by atoms with Gasteiger partial charge in [-0.15, -0.1) is 0 Å². The van der Waals surface area contributed by atoms with Gasteiger partial charge in [-0.2, -0.15) is 5.10 Å². The van der Waals surface area contributed by atoms with E-state index in [1.807, 2.05) is 20.8 Å². The Kier molecular flexibility index (Phi) is 4.06. The zero-order valence-corrected chi connectivity index (χ0v) is 10.2. The number of aromatic amines is 1. The molecule has 1 unspecified atom stereocenters. The van der Waals surface area contributed by atoms with Crippen molar-refractivity contribution in [3.8, 4) is 0 Å². The molecule has 1 aromatic heterocycles. The van der Waals surface area contributed by atoms with Gasteiger partial charge in [0.05, 0.1) is 18.3 Å². The quantitative estimate of drug-likeness (QED) is 0.801. The Morgan fingerprint density at radius 2 is 2.19 bits per heavy atom. The molecule has 0 bridgehead atoms. The van der Waals surface area contributed by atoms with E-state index in [0.717, 1.165) is 17.0 Å². The van der Waals surface area contributed by atoms with Crippen molar-refractivity contribution in [2.45, 2.75) is 33.2 Å². The lowest BCUT2D eigenvalue weighted by Crippen LogP contribution is -2.30. The molecule has 2 N–H and O–H groups in total. The molecule has 16 heavy (non-hydrogen) atoms. The molecule has 0 aliphatic carbocycles. The lowest BCUT2D eigenvalue weighted by atomic mass is 10.1. The maximum atomic E-state index is 11.6. The van der Waals surface area contributed by atoms with Gasteiger partial charge in [-0.05, 0) is 20.8 Å². The van der Waals surface area contributed by atoms with Crippen molar-refractivity contribution in [1.82, 2.24) is 15.1 Å². The van der Waals surface area contributed by atoms with Crippen molar-refractivity contribution >= 4 is 5.91 Å². The van der Waals surface area contributed by atoms with Crippen molar-refractivity contribution in [3.05, 3.63) is 17.0 Å². The number of rotatable bonds is 4. The van der Waals surface area contributed by atoms with Crippen LogP contribution in [0.1, 0.15) is 36.3 Å². The number of H-pyrrole nitrogens is 1. The summed E-state index contributed by atoms with van der Waals surface area (Å²) in [5.41, 5.74) is 2.94. The van der Waals surface area contributed by atoms with Gasteiger partial charge in [0.2, 0.25) is 5.91 Å². The number of hydrogen-bond acceptors (Lipinski definition) is 3. The Hall–Kier alpha value is -1.36. The molecule has 5 nitrogen and oxygen atoms in total. The zero-order valence-electron chi connectivity index (χ0n) is 10.2. The molecule has 1 heterocycles. The molecule has 1 aromatic rings. The van der Waals surface area contributed by atoms with Gasteiger partial charge >= 0.3 is 0 Å². The number of amides is 1. The zero-order chi connectivity index (χ0) is 12.3. The van der Waals surface area contributed by atoms with Gasteiger partial charge in [-0.3, -0.25) is 9.89 Å². The lowest BCUT2D eigenvalue weighted by Gasteiger charge is -2.25. The summed E-state index contributed by atoms with van der Waals surface area (Å²) in [5, 5.41) is 15.8. The third-order valence-electron chi connectivity index (χ3n) is 2.90. The van der Waals surface area contributed by atoms with E-state index in [2.05, 4.69) is 10.2 Å². The molecule has 0 saturated carbocycles. The van der Waals surface area contributed by atoms with Crippen LogP contribution in [0.15, 0.2) is 0 Å². The molecule has 0 radical (unpaired) electrons. The van der Waals surface area contributed by atoms with Crippen LogP contribution in [0.4, 0.5) is 0 Å². The first-order valence-corrected chi connectivity index (χ1v) is 5.37. The van der Waals surface area contributed by atoms with Crippen molar-refractivity contribution in [1.29, 1.82) is 0 Å². The molecule has 0 saturated heterocycles. The number of carbonyl (C=O) groups is 1. The average molecular weight is 225 g/mol. The van der Waals surface area contributed by atoms with Crippen LogP contribution in [0.5, 0.6) is 0 Å². The second kappa shape index (κ2) is 5.12. The molecule has 90 valence electrons. The number of nitrogens with one attached hydrogen (secondary N) is 1. The number of nitrogens with zero attached hydrogens (tertiary/aromatic N) is 2. The van der Waals surface area contributed by atoms with Crippen LogP contribution >= 0.6 is 0 Å². The third-order valence-corrected chi connectivity index (χ3v) is 2.90. The van der Waals surface area contributed by atoms with Crippen LogP contribution in [0, 0.1) is 13.8 Å². The maximum absolute atomic E-state index is 11.6. The summed E-state index contributed by atoms with van der Waals surface area (Å²) >= 11 is 0. The minimum Gasteiger partial charge on any atom is -0.396 e. The highest BCUT2D eigenvalue weighted by atomic mass is 16.3. The molecular formula is C11H19N3O2. The number of hydrogen-bond donors (Lipinski definition) is 2. The highest BCUT2D eigenvalue weighted by Gasteiger charge is 2.21. The van der Waals surface area contributed by atoms with E-state index in [1.54, 1.807) is 11.9 Å². The van der Waals surface area contributed by atoms with Crippen molar-refractivity contribution < 1.29 is 9.90 Å². The summed E-state index contributed by atoms with van der Waals surface area (Å²) < 4.78 is 0. The summed E-state index contributed by atoms with van der Waals surface area (Å²) in [6.07, 6.45) is 0.163. The average Bonchev–Trinajstić information content (AvgIpc) is 2.57. The van der Waals surface area contributed by atoms with E-state index in [9.17, 15) is 4.79 Å². The summed E-state index contributed by atoms with van der Waals surface area (Å²) in [7, 11) is 1.74. The van der Waals surface area contributed by atoms with Crippen LogP contribution in [0.25, 0.3) is 0 Å². The predicted octanol–water partition coefficient (Wildman–Crippen LogP) is 0.928. The number of aliphatic hydroxyl groups excluding tert-OH is 1. The van der Waals surface area contributed by atoms with E-state index in [0.29, 0.717) is 0 Å². The van der Waals surface area contributed by atoms with E-state index < -0.39 is 0 Å². The van der Waals surface area contributed by atoms with Crippen LogP contribution < -0.4 is 0 Å². The molecule has 0 aromatic carbocycles. The number of carbonyl (C=O) groups excluding carboxylic acids is 1. The summed E-state index contributed by atoms with van der Waals surface area (Å²) in [4.78, 5) is 13.3. The Morgan fingerprint density at radius 1 is 1.56 bits per heavy atom. The fourth-order valence-electron chi connectivity index (χ4n) is 1.86. The monoisotopic (exact) mass is 225 g/mol. The molecule has 0 aliphatic rings. The minimum absolute atomic E-state index is 0.0298. The normalized spacial score (nSPS) is 12.6.